The number of non-ortho nitro benzene ring substituents is 1. The number of sulfonamides is 2. The van der Waals surface area contributed by atoms with Crippen LogP contribution in [0.25, 0.3) is 0 Å². The number of nitrogens with zero attached hydrogens (tertiary/aromatic N) is 2. The number of nitrogens with one attached hydrogen (secondary N) is 1. The molecule has 1 aliphatic heterocycles. The summed E-state index contributed by atoms with van der Waals surface area (Å²) in [5.74, 6) is 0. The summed E-state index contributed by atoms with van der Waals surface area (Å²) in [6, 6.07) is 17.4. The number of rotatable bonds is 6. The van der Waals surface area contributed by atoms with E-state index < -0.39 is 25.0 Å². The Hall–Kier alpha value is -3.44. The molecule has 3 aromatic carbocycles. The van der Waals surface area contributed by atoms with E-state index in [1.807, 2.05) is 0 Å². The van der Waals surface area contributed by atoms with Gasteiger partial charge in [-0.3, -0.25) is 19.1 Å². The molecule has 0 saturated carbocycles. The van der Waals surface area contributed by atoms with Crippen molar-refractivity contribution in [1.29, 1.82) is 0 Å². The molecule has 166 valence electrons. The molecule has 1 aliphatic rings. The first-order valence-electron chi connectivity index (χ1n) is 9.66. The lowest BCUT2D eigenvalue weighted by Gasteiger charge is -2.31. The molecule has 4 rings (SSSR count). The van der Waals surface area contributed by atoms with Crippen molar-refractivity contribution in [2.75, 3.05) is 15.6 Å². The average molecular weight is 474 g/mol. The lowest BCUT2D eigenvalue weighted by Crippen LogP contribution is -2.35. The van der Waals surface area contributed by atoms with E-state index in [0.717, 1.165) is 24.3 Å². The van der Waals surface area contributed by atoms with E-state index in [1.165, 1.54) is 22.5 Å². The molecule has 0 aliphatic carbocycles. The first kappa shape index (κ1) is 21.8. The predicted octanol–water partition coefficient (Wildman–Crippen LogP) is 3.54. The maximum Gasteiger partial charge on any atom is 0.269 e. The topological polar surface area (TPSA) is 127 Å². The fraction of sp³-hybridized carbons (Fsp3) is 0.143. The van der Waals surface area contributed by atoms with Crippen LogP contribution >= 0.6 is 0 Å². The quantitative estimate of drug-likeness (QED) is 0.431. The van der Waals surface area contributed by atoms with Gasteiger partial charge in [0.15, 0.2) is 0 Å². The normalized spacial score (nSPS) is 13.9. The van der Waals surface area contributed by atoms with Crippen molar-refractivity contribution in [3.63, 3.8) is 0 Å². The molecule has 32 heavy (non-hydrogen) atoms. The first-order chi connectivity index (χ1) is 15.2. The number of anilines is 2. The molecule has 3 aromatic rings. The SMILES string of the molecule is O=[N+]([O-])c1ccc(S(=O)(=O)Nc2ccc3c(c2)CCCN3S(=O)(=O)c2ccccc2)cc1. The zero-order valence-electron chi connectivity index (χ0n) is 16.7. The zero-order valence-corrected chi connectivity index (χ0v) is 18.3. The summed E-state index contributed by atoms with van der Waals surface area (Å²) in [5.41, 5.74) is 1.29. The Bertz CT molecular complexity index is 1370. The molecule has 9 nitrogen and oxygen atoms in total. The van der Waals surface area contributed by atoms with Crippen molar-refractivity contribution in [3.05, 3.63) is 88.5 Å². The van der Waals surface area contributed by atoms with E-state index in [0.29, 0.717) is 30.6 Å². The minimum Gasteiger partial charge on any atom is -0.280 e. The smallest absolute Gasteiger partial charge is 0.269 e. The number of hydrogen-bond acceptors (Lipinski definition) is 6. The van der Waals surface area contributed by atoms with Gasteiger partial charge in [-0.15, -0.1) is 0 Å². The Balaban J connectivity index is 1.62. The van der Waals surface area contributed by atoms with Gasteiger partial charge in [0.25, 0.3) is 25.7 Å². The Morgan fingerprint density at radius 1 is 0.875 bits per heavy atom. The highest BCUT2D eigenvalue weighted by molar-refractivity contribution is 7.93. The van der Waals surface area contributed by atoms with Crippen molar-refractivity contribution < 1.29 is 21.8 Å². The monoisotopic (exact) mass is 473 g/mol. The summed E-state index contributed by atoms with van der Waals surface area (Å²) in [7, 11) is -7.71. The van der Waals surface area contributed by atoms with Crippen LogP contribution in [0.2, 0.25) is 0 Å². The fourth-order valence-electron chi connectivity index (χ4n) is 3.56. The van der Waals surface area contributed by atoms with Crippen LogP contribution in [-0.4, -0.2) is 28.3 Å². The predicted molar refractivity (Wildman–Crippen MR) is 120 cm³/mol. The van der Waals surface area contributed by atoms with Crippen LogP contribution in [0, 0.1) is 10.1 Å². The summed E-state index contributed by atoms with van der Waals surface area (Å²) >= 11 is 0. The minimum absolute atomic E-state index is 0.117. The van der Waals surface area contributed by atoms with Gasteiger partial charge in [0.1, 0.15) is 0 Å². The Morgan fingerprint density at radius 3 is 2.22 bits per heavy atom. The number of hydrogen-bond donors (Lipinski definition) is 1. The highest BCUT2D eigenvalue weighted by Crippen LogP contribution is 2.34. The van der Waals surface area contributed by atoms with E-state index in [4.69, 9.17) is 0 Å². The summed E-state index contributed by atoms with van der Waals surface area (Å²) in [5, 5.41) is 10.8. The molecule has 0 atom stereocenters. The molecule has 0 saturated heterocycles. The Kier molecular flexibility index (Phi) is 5.61. The fourth-order valence-corrected chi connectivity index (χ4v) is 6.17. The third-order valence-electron chi connectivity index (χ3n) is 5.10. The van der Waals surface area contributed by atoms with Crippen molar-refractivity contribution in [2.24, 2.45) is 0 Å². The standard InChI is InChI=1S/C21H19N3O6S2/c25-24(26)18-9-11-19(12-10-18)31(27,28)22-17-8-13-21-16(15-17)5-4-14-23(21)32(29,30)20-6-2-1-3-7-20/h1-3,6-13,15,22H,4-5,14H2. The summed E-state index contributed by atoms with van der Waals surface area (Å²) in [4.78, 5) is 10.2. The van der Waals surface area contributed by atoms with Gasteiger partial charge < -0.3 is 0 Å². The van der Waals surface area contributed by atoms with Crippen LogP contribution in [0.1, 0.15) is 12.0 Å². The molecule has 1 N–H and O–H groups in total. The third kappa shape index (κ3) is 4.16. The van der Waals surface area contributed by atoms with Gasteiger partial charge in [-0.2, -0.15) is 0 Å². The largest absolute Gasteiger partial charge is 0.280 e. The van der Waals surface area contributed by atoms with Gasteiger partial charge in [0, 0.05) is 24.4 Å². The number of nitro benzene ring substituents is 1. The van der Waals surface area contributed by atoms with Crippen molar-refractivity contribution >= 4 is 37.1 Å². The van der Waals surface area contributed by atoms with E-state index in [1.54, 1.807) is 30.3 Å². The van der Waals surface area contributed by atoms with Crippen molar-refractivity contribution in [3.8, 4) is 0 Å². The molecule has 0 aromatic heterocycles. The van der Waals surface area contributed by atoms with Gasteiger partial charge in [0.05, 0.1) is 20.4 Å². The van der Waals surface area contributed by atoms with Gasteiger partial charge in [0.2, 0.25) is 0 Å². The Labute approximate surface area is 185 Å². The molecule has 0 radical (unpaired) electrons. The second kappa shape index (κ2) is 8.24. The highest BCUT2D eigenvalue weighted by atomic mass is 32.2. The number of aryl methyl sites for hydroxylation is 1. The van der Waals surface area contributed by atoms with Crippen LogP contribution in [0.5, 0.6) is 0 Å². The van der Waals surface area contributed by atoms with Gasteiger partial charge in [-0.25, -0.2) is 16.8 Å². The van der Waals surface area contributed by atoms with E-state index in [-0.39, 0.29) is 21.2 Å². The molecule has 0 bridgehead atoms. The number of benzene rings is 3. The van der Waals surface area contributed by atoms with Crippen molar-refractivity contribution in [2.45, 2.75) is 22.6 Å². The molecule has 0 amide bonds. The third-order valence-corrected chi connectivity index (χ3v) is 8.32. The van der Waals surface area contributed by atoms with Crippen LogP contribution in [0.4, 0.5) is 17.1 Å². The minimum atomic E-state index is -3.97. The second-order valence-corrected chi connectivity index (χ2v) is 10.7. The number of fused-ring (bicyclic) bond motifs is 1. The maximum atomic E-state index is 13.1. The molecular weight excluding hydrogens is 454 g/mol. The van der Waals surface area contributed by atoms with Crippen LogP contribution in [-0.2, 0) is 26.5 Å². The molecule has 0 fully saturated rings. The lowest BCUT2D eigenvalue weighted by molar-refractivity contribution is -0.384. The highest BCUT2D eigenvalue weighted by Gasteiger charge is 2.29. The molecule has 0 spiro atoms. The molecule has 1 heterocycles. The molecule has 11 heteroatoms. The number of nitro groups is 1. The van der Waals surface area contributed by atoms with Gasteiger partial charge in [-0.05, 0) is 60.9 Å². The van der Waals surface area contributed by atoms with Gasteiger partial charge in [-0.1, -0.05) is 18.2 Å². The lowest BCUT2D eigenvalue weighted by atomic mass is 10.0. The Morgan fingerprint density at radius 2 is 1.56 bits per heavy atom. The van der Waals surface area contributed by atoms with Gasteiger partial charge >= 0.3 is 0 Å². The van der Waals surface area contributed by atoms with E-state index in [2.05, 4.69) is 4.72 Å². The summed E-state index contributed by atoms with van der Waals surface area (Å²) in [6.45, 7) is 0.331. The van der Waals surface area contributed by atoms with Crippen molar-refractivity contribution in [1.82, 2.24) is 0 Å². The molecule has 0 unspecified atom stereocenters. The van der Waals surface area contributed by atoms with E-state index >= 15 is 0 Å². The summed E-state index contributed by atoms with van der Waals surface area (Å²) in [6.07, 6.45) is 1.20. The maximum absolute atomic E-state index is 13.1. The second-order valence-electron chi connectivity index (χ2n) is 7.19. The summed E-state index contributed by atoms with van der Waals surface area (Å²) < 4.78 is 55.3. The van der Waals surface area contributed by atoms with Crippen LogP contribution in [0.3, 0.4) is 0 Å². The molecular formula is C21H19N3O6S2. The van der Waals surface area contributed by atoms with E-state index in [9.17, 15) is 26.9 Å². The first-order valence-corrected chi connectivity index (χ1v) is 12.6. The van der Waals surface area contributed by atoms with Crippen LogP contribution < -0.4 is 9.03 Å². The van der Waals surface area contributed by atoms with Crippen LogP contribution in [0.15, 0.2) is 82.6 Å². The average Bonchev–Trinajstić information content (AvgIpc) is 2.79. The zero-order chi connectivity index (χ0) is 22.9.